The van der Waals surface area contributed by atoms with Crippen LogP contribution in [0, 0.1) is 5.92 Å². The van der Waals surface area contributed by atoms with Crippen molar-refractivity contribution in [3.05, 3.63) is 173 Å². The van der Waals surface area contributed by atoms with E-state index in [1.54, 1.807) is 129 Å². The van der Waals surface area contributed by atoms with E-state index in [1.165, 1.54) is 19.1 Å². The van der Waals surface area contributed by atoms with Gasteiger partial charge < -0.3 is 66.6 Å². The first-order valence-electron chi connectivity index (χ1n) is 28.6. The molecule has 24 nitrogen and oxygen atoms in total. The van der Waals surface area contributed by atoms with Crippen LogP contribution in [0.25, 0.3) is 0 Å². The van der Waals surface area contributed by atoms with Gasteiger partial charge in [0.25, 0.3) is 0 Å². The quantitative estimate of drug-likeness (QED) is 0.0156. The first-order chi connectivity index (χ1) is 42.3. The first-order valence-corrected chi connectivity index (χ1v) is 28.6. The van der Waals surface area contributed by atoms with Crippen LogP contribution in [0.1, 0.15) is 93.5 Å². The number of alkyl carbamates (subject to hydrolysis) is 1. The van der Waals surface area contributed by atoms with Gasteiger partial charge in [0.1, 0.15) is 56.6 Å². The highest BCUT2D eigenvalue weighted by molar-refractivity contribution is 6.01. The molecule has 5 rings (SSSR count). The molecular weight excluding hydrogens is 1140 g/mol. The van der Waals surface area contributed by atoms with Crippen molar-refractivity contribution in [2.45, 2.75) is 129 Å². The van der Waals surface area contributed by atoms with E-state index in [1.807, 2.05) is 18.2 Å². The van der Waals surface area contributed by atoms with Crippen LogP contribution >= 0.6 is 0 Å². The van der Waals surface area contributed by atoms with E-state index in [0.717, 1.165) is 5.56 Å². The van der Waals surface area contributed by atoms with Crippen molar-refractivity contribution in [3.63, 3.8) is 0 Å². The number of amides is 8. The summed E-state index contributed by atoms with van der Waals surface area (Å²) in [7, 11) is 0. The number of carbonyl (C=O) groups excluding carboxylic acids is 11. The molecule has 0 spiro atoms. The average molecular weight is 1210 g/mol. The highest BCUT2D eigenvalue weighted by Crippen LogP contribution is 2.15. The maximum atomic E-state index is 14.6. The van der Waals surface area contributed by atoms with Crippen molar-refractivity contribution < 1.29 is 76.8 Å². The van der Waals surface area contributed by atoms with Crippen molar-refractivity contribution in [1.29, 1.82) is 0 Å². The lowest BCUT2D eigenvalue weighted by Crippen LogP contribution is -2.59. The summed E-state index contributed by atoms with van der Waals surface area (Å²) in [4.78, 5) is 149. The Labute approximate surface area is 509 Å². The van der Waals surface area contributed by atoms with E-state index in [-0.39, 0.29) is 51.7 Å². The highest BCUT2D eigenvalue weighted by Gasteiger charge is 2.35. The number of hydrogen-bond donors (Lipinski definition) is 9. The fraction of sp³-hybridized carbons (Fsp3) is 0.359. The molecule has 0 saturated carbocycles. The molecule has 5 atom stereocenters. The van der Waals surface area contributed by atoms with Crippen LogP contribution in [0.15, 0.2) is 146 Å². The summed E-state index contributed by atoms with van der Waals surface area (Å²) in [5.41, 5.74) is 3.52. The number of carbonyl (C=O) groups is 11. The predicted octanol–water partition coefficient (Wildman–Crippen LogP) is 4.22. The molecule has 8 amide bonds. The Hall–Kier alpha value is -9.97. The number of unbranched alkanes of at least 4 members (excludes halogenated alkanes) is 1. The third-order valence-corrected chi connectivity index (χ3v) is 13.2. The highest BCUT2D eigenvalue weighted by atomic mass is 16.6. The lowest BCUT2D eigenvalue weighted by atomic mass is 10.0. The van der Waals surface area contributed by atoms with Crippen LogP contribution in [0.5, 0.6) is 0 Å². The van der Waals surface area contributed by atoms with E-state index in [2.05, 4.69) is 42.5 Å². The van der Waals surface area contributed by atoms with Crippen LogP contribution in [0.2, 0.25) is 0 Å². The van der Waals surface area contributed by atoms with Crippen molar-refractivity contribution in [1.82, 2.24) is 37.2 Å². The molecule has 0 aliphatic heterocycles. The van der Waals surface area contributed by atoms with Crippen LogP contribution in [0.3, 0.4) is 0 Å². The van der Waals surface area contributed by atoms with Gasteiger partial charge in [0.15, 0.2) is 0 Å². The molecule has 0 aromatic heterocycles. The van der Waals surface area contributed by atoms with E-state index < -0.39 is 134 Å². The molecule has 24 heteroatoms. The molecule has 5 aromatic carbocycles. The Morgan fingerprint density at radius 2 is 0.886 bits per heavy atom. The zero-order valence-electron chi connectivity index (χ0n) is 49.3. The molecular formula is C64H76N8O16. The van der Waals surface area contributed by atoms with E-state index in [0.29, 0.717) is 35.1 Å². The molecule has 468 valence electrons. The summed E-state index contributed by atoms with van der Waals surface area (Å²) in [6, 6.07) is 33.5. The second-order valence-corrected chi connectivity index (χ2v) is 20.7. The average Bonchev–Trinajstić information content (AvgIpc) is 3.60. The molecule has 9 N–H and O–H groups in total. The Morgan fingerprint density at radius 1 is 0.432 bits per heavy atom. The Bertz CT molecular complexity index is 3080. The van der Waals surface area contributed by atoms with Crippen LogP contribution in [-0.4, -0.2) is 114 Å². The van der Waals surface area contributed by atoms with Gasteiger partial charge in [-0.15, -0.1) is 0 Å². The third-order valence-electron chi connectivity index (χ3n) is 13.2. The molecule has 0 saturated heterocycles. The topological polar surface area (TPSA) is 341 Å². The smallest absolute Gasteiger partial charge is 0.407 e. The fourth-order valence-electron chi connectivity index (χ4n) is 8.42. The van der Waals surface area contributed by atoms with Gasteiger partial charge in [-0.05, 0) is 71.6 Å². The van der Waals surface area contributed by atoms with Crippen molar-refractivity contribution >= 4 is 71.0 Å². The molecule has 88 heavy (non-hydrogen) atoms. The number of esters is 3. The summed E-state index contributed by atoms with van der Waals surface area (Å²) >= 11 is 0. The van der Waals surface area contributed by atoms with Crippen LogP contribution in [-0.2, 0) is 99.9 Å². The number of anilines is 1. The summed E-state index contributed by atoms with van der Waals surface area (Å²) in [6.07, 6.45) is -2.23. The predicted molar refractivity (Wildman–Crippen MR) is 320 cm³/mol. The zero-order valence-corrected chi connectivity index (χ0v) is 49.3. The minimum atomic E-state index is -1.80. The van der Waals surface area contributed by atoms with E-state index in [4.69, 9.17) is 18.9 Å². The third kappa shape index (κ3) is 26.1. The first kappa shape index (κ1) is 68.8. The molecule has 0 bridgehead atoms. The van der Waals surface area contributed by atoms with Crippen LogP contribution < -0.4 is 42.5 Å². The number of ether oxygens (including phenoxy) is 4. The van der Waals surface area contributed by atoms with E-state index >= 15 is 0 Å². The normalized spacial score (nSPS) is 12.4. The van der Waals surface area contributed by atoms with Crippen molar-refractivity contribution in [3.8, 4) is 0 Å². The largest absolute Gasteiger partial charge is 0.461 e. The van der Waals surface area contributed by atoms with Gasteiger partial charge in [-0.2, -0.15) is 0 Å². The van der Waals surface area contributed by atoms with Gasteiger partial charge in [0.2, 0.25) is 41.4 Å². The van der Waals surface area contributed by atoms with Gasteiger partial charge in [-0.1, -0.05) is 147 Å². The number of benzene rings is 5. The number of aliphatic hydroxyl groups excluding tert-OH is 1. The van der Waals surface area contributed by atoms with Gasteiger partial charge in [0, 0.05) is 25.6 Å². The molecule has 5 aromatic rings. The SMILES string of the molecule is CC(=O)N[C@@H](CCCCNC(=O)OCc1ccccc1)C(=O)NCC(=O)N[C@@H](CC(=O)OCc1ccccc1)C(=O)N[C@@H](CCC(=O)OCc1ccccc1)C(=O)N[C@H](C(=O)N[C@@H](CC(=O)OCc1ccccc1)C(=O)Nc1ccc(CO)cc1)C(C)C. The molecule has 0 aliphatic carbocycles. The minimum absolute atomic E-state index is 0.0674. The Kier molecular flexibility index (Phi) is 29.3. The molecule has 0 heterocycles. The van der Waals surface area contributed by atoms with Gasteiger partial charge in [0.05, 0.1) is 26.0 Å². The van der Waals surface area contributed by atoms with Crippen LogP contribution in [0.4, 0.5) is 10.5 Å². The van der Waals surface area contributed by atoms with Gasteiger partial charge >= 0.3 is 24.0 Å². The maximum absolute atomic E-state index is 14.6. The zero-order chi connectivity index (χ0) is 63.6. The standard InChI is InChI=1S/C64H76N8O16/c1-42(2)58(63(83)71-53(35-57(78)87-40-47-22-12-6-13-23-47)61(81)68-49-29-27-44(37-73)28-30-49)72-60(80)51(31-32-55(76)85-38-45-18-8-4-9-19-45)70-62(82)52(34-56(77)86-39-46-20-10-5-11-21-46)69-54(75)36-66-59(79)50(67-43(3)74)26-16-17-33-65-64(84)88-41-48-24-14-7-15-25-48/h4-15,18-25,27-30,42,50-53,58,73H,16-17,26,31-41H2,1-3H3,(H,65,84)(H,66,79)(H,67,74)(H,68,81)(H,69,75)(H,70,82)(H,71,83)(H,72,80)/t50-,51-,52-,53-,58-/m0/s1. The van der Waals surface area contributed by atoms with E-state index in [9.17, 15) is 57.8 Å². The summed E-state index contributed by atoms with van der Waals surface area (Å²) in [5, 5.41) is 29.8. The monoisotopic (exact) mass is 1210 g/mol. The molecule has 0 fully saturated rings. The van der Waals surface area contributed by atoms with Gasteiger partial charge in [-0.25, -0.2) is 4.79 Å². The molecule has 0 unspecified atom stereocenters. The van der Waals surface area contributed by atoms with Gasteiger partial charge in [-0.3, -0.25) is 47.9 Å². The number of nitrogens with one attached hydrogen (secondary N) is 8. The van der Waals surface area contributed by atoms with Crippen molar-refractivity contribution in [2.75, 3.05) is 18.4 Å². The minimum Gasteiger partial charge on any atom is -0.461 e. The second-order valence-electron chi connectivity index (χ2n) is 20.7. The lowest BCUT2D eigenvalue weighted by molar-refractivity contribution is -0.148. The number of rotatable bonds is 35. The Balaban J connectivity index is 1.31. The maximum Gasteiger partial charge on any atom is 0.407 e. The Morgan fingerprint density at radius 3 is 1.38 bits per heavy atom. The summed E-state index contributed by atoms with van der Waals surface area (Å²) < 4.78 is 21.5. The second kappa shape index (κ2) is 37.5. The number of hydrogen-bond acceptors (Lipinski definition) is 16. The number of aliphatic hydroxyl groups is 1. The fourth-order valence-corrected chi connectivity index (χ4v) is 8.42. The summed E-state index contributed by atoms with van der Waals surface area (Å²) in [6.45, 7) is 3.07. The van der Waals surface area contributed by atoms with Crippen molar-refractivity contribution in [2.24, 2.45) is 5.92 Å². The molecule has 0 aliphatic rings. The summed E-state index contributed by atoms with van der Waals surface area (Å²) in [5.74, 6) is -9.59. The molecule has 0 radical (unpaired) electrons. The lowest BCUT2D eigenvalue weighted by Gasteiger charge is -2.28.